The van der Waals surface area contributed by atoms with E-state index in [1.165, 1.54) is 0 Å². The van der Waals surface area contributed by atoms with Gasteiger partial charge in [-0.3, -0.25) is 0 Å². The average Bonchev–Trinajstić information content (AvgIpc) is 2.82. The molecule has 3 aromatic rings. The Morgan fingerprint density at radius 3 is 1.80 bits per heavy atom. The van der Waals surface area contributed by atoms with Gasteiger partial charge in [-0.2, -0.15) is 0 Å². The van der Waals surface area contributed by atoms with Crippen LogP contribution in [0.5, 0.6) is 0 Å². The molecule has 0 aliphatic heterocycles. The summed E-state index contributed by atoms with van der Waals surface area (Å²) in [7, 11) is 0. The highest BCUT2D eigenvalue weighted by Gasteiger charge is 2.12. The number of halogens is 3. The lowest BCUT2D eigenvalue weighted by Crippen LogP contribution is -1.74. The lowest BCUT2D eigenvalue weighted by atomic mass is 10.1. The molecule has 0 fully saturated rings. The smallest absolute Gasteiger partial charge is 0.153 e. The van der Waals surface area contributed by atoms with E-state index in [9.17, 15) is 0 Å². The molecule has 0 saturated carbocycles. The molecule has 2 aromatic carbocycles. The summed E-state index contributed by atoms with van der Waals surface area (Å²) in [5, 5.41) is 0.616. The predicted molar refractivity (Wildman–Crippen MR) is 90.0 cm³/mol. The molecule has 20 heavy (non-hydrogen) atoms. The van der Waals surface area contributed by atoms with Gasteiger partial charge in [0.15, 0.2) is 5.76 Å². The maximum atomic E-state index is 6.29. The highest BCUT2D eigenvalue weighted by molar-refractivity contribution is 9.10. The summed E-state index contributed by atoms with van der Waals surface area (Å²) in [6.45, 7) is 0. The van der Waals surface area contributed by atoms with E-state index in [-0.39, 0.29) is 0 Å². The van der Waals surface area contributed by atoms with Crippen LogP contribution in [0.3, 0.4) is 0 Å². The van der Waals surface area contributed by atoms with Crippen LogP contribution in [0.2, 0.25) is 5.02 Å². The van der Waals surface area contributed by atoms with Crippen molar-refractivity contribution in [2.75, 3.05) is 0 Å². The minimum absolute atomic E-state index is 0.616. The molecule has 1 heterocycles. The Kier molecular flexibility index (Phi) is 4.01. The number of furan rings is 1. The topological polar surface area (TPSA) is 13.1 Å². The van der Waals surface area contributed by atoms with Crippen molar-refractivity contribution < 1.29 is 4.42 Å². The molecule has 0 N–H and O–H groups in total. The van der Waals surface area contributed by atoms with Gasteiger partial charge in [-0.25, -0.2) is 0 Å². The van der Waals surface area contributed by atoms with Crippen molar-refractivity contribution in [3.63, 3.8) is 0 Å². The third-order valence-corrected chi connectivity index (χ3v) is 4.26. The molecular formula is C16H9Br2ClO. The van der Waals surface area contributed by atoms with Crippen LogP contribution in [0.1, 0.15) is 0 Å². The fourth-order valence-electron chi connectivity index (χ4n) is 1.92. The van der Waals surface area contributed by atoms with E-state index in [1.54, 1.807) is 0 Å². The summed E-state index contributed by atoms with van der Waals surface area (Å²) in [6.07, 6.45) is 0. The van der Waals surface area contributed by atoms with E-state index in [0.717, 1.165) is 25.8 Å². The Bertz CT molecular complexity index is 730. The van der Waals surface area contributed by atoms with Crippen molar-refractivity contribution in [2.24, 2.45) is 0 Å². The van der Waals surface area contributed by atoms with Gasteiger partial charge in [-0.15, -0.1) is 0 Å². The maximum absolute atomic E-state index is 6.29. The van der Waals surface area contributed by atoms with Crippen LogP contribution in [0.25, 0.3) is 22.6 Å². The third-order valence-electron chi connectivity index (χ3n) is 2.92. The molecule has 0 saturated heterocycles. The Morgan fingerprint density at radius 2 is 1.25 bits per heavy atom. The lowest BCUT2D eigenvalue weighted by molar-refractivity contribution is 0.597. The highest BCUT2D eigenvalue weighted by Crippen LogP contribution is 2.36. The minimum Gasteiger partial charge on any atom is -0.454 e. The summed E-state index contributed by atoms with van der Waals surface area (Å²) in [6, 6.07) is 17.7. The van der Waals surface area contributed by atoms with Gasteiger partial charge >= 0.3 is 0 Å². The van der Waals surface area contributed by atoms with Crippen LogP contribution >= 0.6 is 43.5 Å². The van der Waals surface area contributed by atoms with Crippen molar-refractivity contribution in [1.82, 2.24) is 0 Å². The van der Waals surface area contributed by atoms with Gasteiger partial charge in [-0.05, 0) is 24.3 Å². The third kappa shape index (κ3) is 2.85. The average molecular weight is 413 g/mol. The van der Waals surface area contributed by atoms with Crippen LogP contribution in [0, 0.1) is 0 Å². The molecule has 1 aromatic heterocycles. The second-order valence-electron chi connectivity index (χ2n) is 4.30. The molecule has 0 amide bonds. The standard InChI is InChI=1S/C16H9Br2ClO/c17-12-5-1-10(2-6-12)15-9-14(19)16(20-15)11-3-7-13(18)8-4-11/h1-9H. The first-order chi connectivity index (χ1) is 9.63. The molecule has 0 unspecified atom stereocenters. The van der Waals surface area contributed by atoms with E-state index >= 15 is 0 Å². The SMILES string of the molecule is Clc1cc(-c2ccc(Br)cc2)oc1-c1ccc(Br)cc1. The molecule has 0 aliphatic carbocycles. The van der Waals surface area contributed by atoms with E-state index in [4.69, 9.17) is 16.0 Å². The van der Waals surface area contributed by atoms with Gasteiger partial charge in [0, 0.05) is 26.1 Å². The summed E-state index contributed by atoms with van der Waals surface area (Å²) in [5.74, 6) is 1.46. The fourth-order valence-corrected chi connectivity index (χ4v) is 2.70. The maximum Gasteiger partial charge on any atom is 0.153 e. The Morgan fingerprint density at radius 1 is 0.750 bits per heavy atom. The van der Waals surface area contributed by atoms with Crippen molar-refractivity contribution in [3.8, 4) is 22.6 Å². The first-order valence-electron chi connectivity index (χ1n) is 5.95. The zero-order chi connectivity index (χ0) is 14.1. The van der Waals surface area contributed by atoms with E-state index in [1.807, 2.05) is 54.6 Å². The van der Waals surface area contributed by atoms with Gasteiger partial charge in [0.1, 0.15) is 5.76 Å². The van der Waals surface area contributed by atoms with Gasteiger partial charge in [0.2, 0.25) is 0 Å². The molecular weight excluding hydrogens is 403 g/mol. The predicted octanol–water partition coefficient (Wildman–Crippen LogP) is 6.79. The first kappa shape index (κ1) is 13.9. The monoisotopic (exact) mass is 410 g/mol. The van der Waals surface area contributed by atoms with Crippen molar-refractivity contribution >= 4 is 43.5 Å². The molecule has 3 rings (SSSR count). The number of benzene rings is 2. The Hall–Kier alpha value is -1.03. The molecule has 0 bridgehead atoms. The molecule has 0 atom stereocenters. The van der Waals surface area contributed by atoms with E-state index < -0.39 is 0 Å². The molecule has 4 heteroatoms. The van der Waals surface area contributed by atoms with Crippen LogP contribution < -0.4 is 0 Å². The minimum atomic E-state index is 0.616. The zero-order valence-electron chi connectivity index (χ0n) is 10.2. The van der Waals surface area contributed by atoms with Gasteiger partial charge in [-0.1, -0.05) is 67.7 Å². The zero-order valence-corrected chi connectivity index (χ0v) is 14.2. The quantitative estimate of drug-likeness (QED) is 0.452. The first-order valence-corrected chi connectivity index (χ1v) is 7.91. The van der Waals surface area contributed by atoms with Crippen molar-refractivity contribution in [2.45, 2.75) is 0 Å². The van der Waals surface area contributed by atoms with Crippen molar-refractivity contribution in [3.05, 3.63) is 68.6 Å². The van der Waals surface area contributed by atoms with Crippen LogP contribution in [0.4, 0.5) is 0 Å². The van der Waals surface area contributed by atoms with Crippen LogP contribution in [-0.2, 0) is 0 Å². The van der Waals surface area contributed by atoms with Crippen LogP contribution in [-0.4, -0.2) is 0 Å². The molecule has 0 aliphatic rings. The van der Waals surface area contributed by atoms with Crippen LogP contribution in [0.15, 0.2) is 68.0 Å². The molecule has 0 radical (unpaired) electrons. The molecule has 0 spiro atoms. The Labute approximate surface area is 138 Å². The second kappa shape index (κ2) is 5.76. The van der Waals surface area contributed by atoms with E-state index in [2.05, 4.69) is 31.9 Å². The molecule has 100 valence electrons. The second-order valence-corrected chi connectivity index (χ2v) is 6.54. The van der Waals surface area contributed by atoms with Gasteiger partial charge in [0.05, 0.1) is 5.02 Å². The number of hydrogen-bond acceptors (Lipinski definition) is 1. The lowest BCUT2D eigenvalue weighted by Gasteiger charge is -1.99. The summed E-state index contributed by atoms with van der Waals surface area (Å²) in [5.41, 5.74) is 1.96. The largest absolute Gasteiger partial charge is 0.454 e. The highest BCUT2D eigenvalue weighted by atomic mass is 79.9. The summed E-state index contributed by atoms with van der Waals surface area (Å²) < 4.78 is 7.96. The molecule has 1 nitrogen and oxygen atoms in total. The fraction of sp³-hybridized carbons (Fsp3) is 0. The van der Waals surface area contributed by atoms with E-state index in [0.29, 0.717) is 10.8 Å². The van der Waals surface area contributed by atoms with Gasteiger partial charge < -0.3 is 4.42 Å². The number of hydrogen-bond donors (Lipinski definition) is 0. The summed E-state index contributed by atoms with van der Waals surface area (Å²) >= 11 is 13.1. The number of rotatable bonds is 2. The van der Waals surface area contributed by atoms with Gasteiger partial charge in [0.25, 0.3) is 0 Å². The van der Waals surface area contributed by atoms with Crippen molar-refractivity contribution in [1.29, 1.82) is 0 Å². The summed E-state index contributed by atoms with van der Waals surface area (Å²) in [4.78, 5) is 0. The Balaban J connectivity index is 2.02. The normalized spacial score (nSPS) is 10.8.